The van der Waals surface area contributed by atoms with E-state index >= 15 is 0 Å². The van der Waals surface area contributed by atoms with Gasteiger partial charge >= 0.3 is 0 Å². The second-order valence-corrected chi connectivity index (χ2v) is 4.06. The molecule has 2 aromatic carbocycles. The molecule has 0 aromatic heterocycles. The highest BCUT2D eigenvalue weighted by molar-refractivity contribution is 5.86. The quantitative estimate of drug-likeness (QED) is 0.500. The molecule has 0 aliphatic rings. The molecule has 102 valence electrons. The number of nitro benzene ring substituents is 2. The molecule has 0 saturated heterocycles. The first-order valence-corrected chi connectivity index (χ1v) is 5.48. The van der Waals surface area contributed by atoms with Crippen LogP contribution in [0.15, 0.2) is 36.4 Å². The molecule has 0 bridgehead atoms. The average Bonchev–Trinajstić information content (AvgIpc) is 2.38. The minimum absolute atomic E-state index is 0.133. The van der Waals surface area contributed by atoms with Crippen molar-refractivity contribution >= 4 is 22.7 Å². The molecule has 2 rings (SSSR count). The van der Waals surface area contributed by atoms with Crippen molar-refractivity contribution in [1.82, 2.24) is 0 Å². The zero-order valence-corrected chi connectivity index (χ0v) is 10.1. The van der Waals surface area contributed by atoms with Gasteiger partial charge in [-0.05, 0) is 12.1 Å². The zero-order chi connectivity index (χ0) is 14.9. The molecule has 4 N–H and O–H groups in total. The van der Waals surface area contributed by atoms with Gasteiger partial charge in [-0.1, -0.05) is 0 Å². The standard InChI is InChI=1S/C12H10N4O4/c13-11-5-7(15(17)18)1-3-9(11)10-4-2-8(16(19)20)6-12(10)14/h1-6H,13-14H2. The Balaban J connectivity index is 2.52. The highest BCUT2D eigenvalue weighted by Gasteiger charge is 2.14. The van der Waals surface area contributed by atoms with Crippen LogP contribution in [-0.4, -0.2) is 9.85 Å². The number of hydrogen-bond donors (Lipinski definition) is 2. The molecule has 0 fully saturated rings. The van der Waals surface area contributed by atoms with Gasteiger partial charge < -0.3 is 11.5 Å². The lowest BCUT2D eigenvalue weighted by atomic mass is 10.0. The van der Waals surface area contributed by atoms with Crippen LogP contribution in [0.1, 0.15) is 0 Å². The lowest BCUT2D eigenvalue weighted by Gasteiger charge is -2.08. The third-order valence-corrected chi connectivity index (χ3v) is 2.78. The van der Waals surface area contributed by atoms with Crippen molar-refractivity contribution in [3.8, 4) is 11.1 Å². The van der Waals surface area contributed by atoms with Crippen LogP contribution >= 0.6 is 0 Å². The summed E-state index contributed by atoms with van der Waals surface area (Å²) in [4.78, 5) is 20.2. The topological polar surface area (TPSA) is 138 Å². The largest absolute Gasteiger partial charge is 0.398 e. The van der Waals surface area contributed by atoms with Crippen LogP contribution < -0.4 is 11.5 Å². The van der Waals surface area contributed by atoms with E-state index in [0.717, 1.165) is 0 Å². The van der Waals surface area contributed by atoms with Gasteiger partial charge in [-0.25, -0.2) is 0 Å². The molecule has 0 amide bonds. The highest BCUT2D eigenvalue weighted by atomic mass is 16.6. The number of rotatable bonds is 3. The molecule has 0 aliphatic carbocycles. The van der Waals surface area contributed by atoms with Crippen molar-refractivity contribution in [2.45, 2.75) is 0 Å². The van der Waals surface area contributed by atoms with Crippen molar-refractivity contribution < 1.29 is 9.85 Å². The second kappa shape index (κ2) is 4.84. The fourth-order valence-corrected chi connectivity index (χ4v) is 1.82. The van der Waals surface area contributed by atoms with E-state index in [0.29, 0.717) is 11.1 Å². The van der Waals surface area contributed by atoms with E-state index in [2.05, 4.69) is 0 Å². The number of nitrogens with two attached hydrogens (primary N) is 2. The normalized spacial score (nSPS) is 10.2. The lowest BCUT2D eigenvalue weighted by Crippen LogP contribution is -1.98. The van der Waals surface area contributed by atoms with E-state index in [-0.39, 0.29) is 22.7 Å². The van der Waals surface area contributed by atoms with Crippen molar-refractivity contribution in [1.29, 1.82) is 0 Å². The molecule has 2 aromatic rings. The van der Waals surface area contributed by atoms with E-state index in [9.17, 15) is 20.2 Å². The molecule has 0 aliphatic heterocycles. The zero-order valence-electron chi connectivity index (χ0n) is 10.1. The molecule has 8 nitrogen and oxygen atoms in total. The number of hydrogen-bond acceptors (Lipinski definition) is 6. The van der Waals surface area contributed by atoms with Gasteiger partial charge in [-0.2, -0.15) is 0 Å². The Morgan fingerprint density at radius 2 is 1.10 bits per heavy atom. The molecule has 0 saturated carbocycles. The molecule has 0 atom stereocenters. The number of non-ortho nitro benzene ring substituents is 2. The Bertz CT molecular complexity index is 653. The van der Waals surface area contributed by atoms with E-state index < -0.39 is 9.85 Å². The molecule has 8 heteroatoms. The second-order valence-electron chi connectivity index (χ2n) is 4.06. The van der Waals surface area contributed by atoms with Crippen molar-refractivity contribution in [2.24, 2.45) is 0 Å². The molecular weight excluding hydrogens is 264 g/mol. The Morgan fingerprint density at radius 3 is 1.35 bits per heavy atom. The van der Waals surface area contributed by atoms with Crippen LogP contribution in [0.4, 0.5) is 22.7 Å². The fraction of sp³-hybridized carbons (Fsp3) is 0. The van der Waals surface area contributed by atoms with Crippen LogP contribution in [0.2, 0.25) is 0 Å². The maximum atomic E-state index is 10.6. The van der Waals surface area contributed by atoms with Crippen LogP contribution in [0.5, 0.6) is 0 Å². The first-order valence-electron chi connectivity index (χ1n) is 5.48. The van der Waals surface area contributed by atoms with Crippen molar-refractivity contribution in [3.63, 3.8) is 0 Å². The van der Waals surface area contributed by atoms with Crippen LogP contribution in [0.3, 0.4) is 0 Å². The highest BCUT2D eigenvalue weighted by Crippen LogP contribution is 2.34. The summed E-state index contributed by atoms with van der Waals surface area (Å²) in [6.45, 7) is 0. The van der Waals surface area contributed by atoms with Gasteiger partial charge in [0.1, 0.15) is 0 Å². The summed E-state index contributed by atoms with van der Waals surface area (Å²) < 4.78 is 0. The van der Waals surface area contributed by atoms with E-state index in [1.165, 1.54) is 36.4 Å². The summed E-state index contributed by atoms with van der Waals surface area (Å²) in [5.41, 5.74) is 12.6. The Hall–Kier alpha value is -3.16. The SMILES string of the molecule is Nc1cc([N+](=O)[O-])ccc1-c1ccc([N+](=O)[O-])cc1N. The Labute approximate surface area is 112 Å². The first kappa shape index (κ1) is 13.3. The van der Waals surface area contributed by atoms with Crippen LogP contribution in [0, 0.1) is 20.2 Å². The van der Waals surface area contributed by atoms with Gasteiger partial charge in [0.15, 0.2) is 0 Å². The molecule has 0 heterocycles. The predicted octanol–water partition coefficient (Wildman–Crippen LogP) is 2.33. The van der Waals surface area contributed by atoms with Gasteiger partial charge in [0, 0.05) is 46.8 Å². The van der Waals surface area contributed by atoms with E-state index in [1.54, 1.807) is 0 Å². The maximum Gasteiger partial charge on any atom is 0.271 e. The van der Waals surface area contributed by atoms with Crippen molar-refractivity contribution in [2.75, 3.05) is 11.5 Å². The summed E-state index contributed by atoms with van der Waals surface area (Å²) in [6, 6.07) is 7.96. The summed E-state index contributed by atoms with van der Waals surface area (Å²) >= 11 is 0. The molecular formula is C12H10N4O4. The average molecular weight is 274 g/mol. The van der Waals surface area contributed by atoms with Gasteiger partial charge in [-0.3, -0.25) is 20.2 Å². The number of nitro groups is 2. The summed E-state index contributed by atoms with van der Waals surface area (Å²) in [7, 11) is 0. The lowest BCUT2D eigenvalue weighted by molar-refractivity contribution is -0.385. The number of nitrogens with zero attached hydrogens (tertiary/aromatic N) is 2. The number of nitrogen functional groups attached to an aromatic ring is 2. The smallest absolute Gasteiger partial charge is 0.271 e. The summed E-state index contributed by atoms with van der Waals surface area (Å²) in [5, 5.41) is 21.3. The van der Waals surface area contributed by atoms with Gasteiger partial charge in [0.2, 0.25) is 0 Å². The molecule has 0 spiro atoms. The van der Waals surface area contributed by atoms with E-state index in [4.69, 9.17) is 11.5 Å². The monoisotopic (exact) mass is 274 g/mol. The summed E-state index contributed by atoms with van der Waals surface area (Å²) in [6.07, 6.45) is 0. The van der Waals surface area contributed by atoms with E-state index in [1.807, 2.05) is 0 Å². The third kappa shape index (κ3) is 2.34. The minimum atomic E-state index is -0.556. The Morgan fingerprint density at radius 1 is 0.750 bits per heavy atom. The summed E-state index contributed by atoms with van der Waals surface area (Å²) in [5.74, 6) is 0. The fourth-order valence-electron chi connectivity index (χ4n) is 1.82. The van der Waals surface area contributed by atoms with Gasteiger partial charge in [0.05, 0.1) is 9.85 Å². The predicted molar refractivity (Wildman–Crippen MR) is 74.0 cm³/mol. The van der Waals surface area contributed by atoms with Crippen LogP contribution in [-0.2, 0) is 0 Å². The minimum Gasteiger partial charge on any atom is -0.398 e. The van der Waals surface area contributed by atoms with Crippen molar-refractivity contribution in [3.05, 3.63) is 56.6 Å². The van der Waals surface area contributed by atoms with Gasteiger partial charge in [-0.15, -0.1) is 0 Å². The Kier molecular flexibility index (Phi) is 3.21. The number of anilines is 2. The maximum absolute atomic E-state index is 10.6. The molecule has 20 heavy (non-hydrogen) atoms. The third-order valence-electron chi connectivity index (χ3n) is 2.78. The number of benzene rings is 2. The molecule has 0 unspecified atom stereocenters. The molecule has 0 radical (unpaired) electrons. The van der Waals surface area contributed by atoms with Gasteiger partial charge in [0.25, 0.3) is 11.4 Å². The first-order chi connectivity index (χ1) is 9.40. The van der Waals surface area contributed by atoms with Crippen LogP contribution in [0.25, 0.3) is 11.1 Å².